The lowest BCUT2D eigenvalue weighted by atomic mass is 10.9. The molecule has 0 fully saturated rings. The highest BCUT2D eigenvalue weighted by Gasteiger charge is 2.44. The van der Waals surface area contributed by atoms with Crippen molar-refractivity contribution in [2.45, 2.75) is 6.92 Å². The Morgan fingerprint density at radius 1 is 1.18 bits per heavy atom. The van der Waals surface area contributed by atoms with Gasteiger partial charge in [-0.25, -0.2) is 9.78 Å². The molecule has 0 aromatic rings. The molecule has 0 radical (unpaired) electrons. The van der Waals surface area contributed by atoms with Gasteiger partial charge in [-0.15, -0.1) is 0 Å². The van der Waals surface area contributed by atoms with Gasteiger partial charge in [-0.2, -0.15) is 9.15 Å². The summed E-state index contributed by atoms with van der Waals surface area (Å²) in [6.07, 6.45) is 0. The van der Waals surface area contributed by atoms with Crippen molar-refractivity contribution in [2.24, 2.45) is 0 Å². The smallest absolute Gasteiger partial charge is 0.365 e. The van der Waals surface area contributed by atoms with E-state index in [1.165, 1.54) is 14.2 Å². The van der Waals surface area contributed by atoms with E-state index >= 15 is 0 Å². The van der Waals surface area contributed by atoms with Crippen LogP contribution in [0.2, 0.25) is 0 Å². The first-order valence-corrected chi connectivity index (χ1v) is 4.65. The molecule has 68 valence electrons. The van der Waals surface area contributed by atoms with E-state index in [4.69, 9.17) is 4.43 Å². The summed E-state index contributed by atoms with van der Waals surface area (Å²) in [5.41, 5.74) is 0. The predicted octanol–water partition coefficient (Wildman–Crippen LogP) is -0.393. The molecule has 0 aliphatic heterocycles. The van der Waals surface area contributed by atoms with Crippen LogP contribution < -0.4 is 0 Å². The molecule has 6 nitrogen and oxygen atoms in total. The van der Waals surface area contributed by atoms with Crippen molar-refractivity contribution < 1.29 is 28.2 Å². The third-order valence-electron chi connectivity index (χ3n) is 0.704. The second-order valence-electron chi connectivity index (χ2n) is 1.46. The molecule has 0 amide bonds. The molecule has 0 unspecified atom stereocenters. The Balaban J connectivity index is 3.79. The maximum Gasteiger partial charge on any atom is 0.733 e. The Kier molecular flexibility index (Phi) is 5.59. The third-order valence-corrected chi connectivity index (χ3v) is 2.11. The third kappa shape index (κ3) is 4.43. The fourth-order valence-corrected chi connectivity index (χ4v) is 1.37. The zero-order valence-electron chi connectivity index (χ0n) is 6.70. The number of hydrogen-bond donors (Lipinski definition) is 1. The standard InChI is InChI=1S/C4H12O6Si/c1-4-8-11(5,9-6-2)10-7-3/h5H,4H2,1-3H3. The average molecular weight is 184 g/mol. The van der Waals surface area contributed by atoms with Crippen LogP contribution in [0.5, 0.6) is 0 Å². The SMILES string of the molecule is CCO[Si](O)(OOC)OOC. The fraction of sp³-hybridized carbons (Fsp3) is 1.00. The van der Waals surface area contributed by atoms with E-state index in [-0.39, 0.29) is 6.61 Å². The minimum absolute atomic E-state index is 0.245. The van der Waals surface area contributed by atoms with Crippen LogP contribution in [0.1, 0.15) is 6.92 Å². The molecule has 0 spiro atoms. The van der Waals surface area contributed by atoms with Crippen LogP contribution in [-0.4, -0.2) is 34.7 Å². The summed E-state index contributed by atoms with van der Waals surface area (Å²) in [4.78, 5) is 17.6. The zero-order chi connectivity index (χ0) is 8.74. The minimum Gasteiger partial charge on any atom is -0.365 e. The zero-order valence-corrected chi connectivity index (χ0v) is 7.70. The van der Waals surface area contributed by atoms with Crippen LogP contribution in [0.25, 0.3) is 0 Å². The molecule has 0 aromatic heterocycles. The molecular formula is C4H12O6Si. The van der Waals surface area contributed by atoms with Crippen molar-refractivity contribution in [3.63, 3.8) is 0 Å². The van der Waals surface area contributed by atoms with Gasteiger partial charge in [-0.05, 0) is 6.92 Å². The second-order valence-corrected chi connectivity index (χ2v) is 3.13. The number of rotatable bonds is 6. The Bertz CT molecular complexity index is 81.6. The Hall–Kier alpha value is -0.0231. The molecule has 0 bridgehead atoms. The predicted molar refractivity (Wildman–Crippen MR) is 35.8 cm³/mol. The minimum atomic E-state index is -3.69. The summed E-state index contributed by atoms with van der Waals surface area (Å²) in [5, 5.41) is 0. The van der Waals surface area contributed by atoms with Gasteiger partial charge in [0.15, 0.2) is 0 Å². The van der Waals surface area contributed by atoms with E-state index in [1.54, 1.807) is 6.92 Å². The highest BCUT2D eigenvalue weighted by atomic mass is 28.4. The largest absolute Gasteiger partial charge is 0.733 e. The van der Waals surface area contributed by atoms with Gasteiger partial charge in [0.25, 0.3) is 0 Å². The first kappa shape index (κ1) is 11.0. The molecule has 0 aliphatic rings. The van der Waals surface area contributed by atoms with Crippen LogP contribution in [0, 0.1) is 0 Å². The van der Waals surface area contributed by atoms with Gasteiger partial charge in [0.2, 0.25) is 0 Å². The first-order chi connectivity index (χ1) is 5.18. The molecule has 1 N–H and O–H groups in total. The summed E-state index contributed by atoms with van der Waals surface area (Å²) in [7, 11) is -1.23. The van der Waals surface area contributed by atoms with E-state index in [9.17, 15) is 4.80 Å². The molecule has 0 heterocycles. The summed E-state index contributed by atoms with van der Waals surface area (Å²) in [6.45, 7) is 1.92. The van der Waals surface area contributed by atoms with Crippen LogP contribution in [0.3, 0.4) is 0 Å². The lowest BCUT2D eigenvalue weighted by Gasteiger charge is -2.17. The summed E-state index contributed by atoms with van der Waals surface area (Å²) in [6, 6.07) is 0. The number of hydrogen-bond acceptors (Lipinski definition) is 6. The van der Waals surface area contributed by atoms with Crippen LogP contribution in [0.4, 0.5) is 0 Å². The quantitative estimate of drug-likeness (QED) is 0.344. The molecule has 0 saturated heterocycles. The van der Waals surface area contributed by atoms with E-state index in [2.05, 4.69) is 18.9 Å². The molecule has 0 rings (SSSR count). The van der Waals surface area contributed by atoms with Gasteiger partial charge in [-0.1, -0.05) is 0 Å². The van der Waals surface area contributed by atoms with Crippen molar-refractivity contribution in [3.8, 4) is 0 Å². The monoisotopic (exact) mass is 184 g/mol. The van der Waals surface area contributed by atoms with Gasteiger partial charge in [0, 0.05) is 6.61 Å². The summed E-state index contributed by atoms with van der Waals surface area (Å²) in [5.74, 6) is 0. The molecule has 11 heavy (non-hydrogen) atoms. The summed E-state index contributed by atoms with van der Waals surface area (Å²) < 4.78 is 13.4. The van der Waals surface area contributed by atoms with Crippen molar-refractivity contribution in [3.05, 3.63) is 0 Å². The van der Waals surface area contributed by atoms with E-state index < -0.39 is 9.05 Å². The Morgan fingerprint density at radius 3 is 1.91 bits per heavy atom. The van der Waals surface area contributed by atoms with Crippen molar-refractivity contribution in [1.29, 1.82) is 0 Å². The normalized spacial score (nSPS) is 12.0. The molecule has 0 atom stereocenters. The van der Waals surface area contributed by atoms with E-state index in [0.717, 1.165) is 0 Å². The fourth-order valence-electron chi connectivity index (χ4n) is 0.455. The summed E-state index contributed by atoms with van der Waals surface area (Å²) >= 11 is 0. The molecular weight excluding hydrogens is 172 g/mol. The van der Waals surface area contributed by atoms with Crippen LogP contribution in [-0.2, 0) is 23.4 Å². The second kappa shape index (κ2) is 5.60. The lowest BCUT2D eigenvalue weighted by Crippen LogP contribution is -2.45. The van der Waals surface area contributed by atoms with E-state index in [1.807, 2.05) is 0 Å². The van der Waals surface area contributed by atoms with Gasteiger partial charge < -0.3 is 9.22 Å². The van der Waals surface area contributed by atoms with Crippen LogP contribution in [0.15, 0.2) is 0 Å². The van der Waals surface area contributed by atoms with Crippen molar-refractivity contribution >= 4 is 9.05 Å². The van der Waals surface area contributed by atoms with Crippen LogP contribution >= 0.6 is 0 Å². The highest BCUT2D eigenvalue weighted by molar-refractivity contribution is 6.51. The van der Waals surface area contributed by atoms with Gasteiger partial charge >= 0.3 is 9.05 Å². The lowest BCUT2D eigenvalue weighted by molar-refractivity contribution is -0.316. The Labute approximate surface area is 65.9 Å². The molecule has 0 aliphatic carbocycles. The van der Waals surface area contributed by atoms with Gasteiger partial charge in [-0.3, -0.25) is 0 Å². The van der Waals surface area contributed by atoms with Crippen molar-refractivity contribution in [1.82, 2.24) is 0 Å². The first-order valence-electron chi connectivity index (χ1n) is 2.98. The molecule has 7 heteroatoms. The maximum atomic E-state index is 9.23. The average Bonchev–Trinajstić information content (AvgIpc) is 1.88. The van der Waals surface area contributed by atoms with Gasteiger partial charge in [0.1, 0.15) is 0 Å². The van der Waals surface area contributed by atoms with E-state index in [0.29, 0.717) is 0 Å². The van der Waals surface area contributed by atoms with Gasteiger partial charge in [0.05, 0.1) is 14.2 Å². The topological polar surface area (TPSA) is 66.4 Å². The molecule has 0 saturated carbocycles. The molecule has 0 aromatic carbocycles. The Morgan fingerprint density at radius 2 is 1.64 bits per heavy atom. The maximum absolute atomic E-state index is 9.23. The van der Waals surface area contributed by atoms with Crippen molar-refractivity contribution in [2.75, 3.05) is 20.8 Å². The highest BCUT2D eigenvalue weighted by Crippen LogP contribution is 2.04.